The van der Waals surface area contributed by atoms with Gasteiger partial charge in [0.15, 0.2) is 5.82 Å². The first-order chi connectivity index (χ1) is 10.7. The van der Waals surface area contributed by atoms with Gasteiger partial charge in [0.05, 0.1) is 19.0 Å². The van der Waals surface area contributed by atoms with Gasteiger partial charge >= 0.3 is 0 Å². The van der Waals surface area contributed by atoms with Crippen molar-refractivity contribution in [3.05, 3.63) is 59.7 Å². The zero-order valence-corrected chi connectivity index (χ0v) is 12.5. The molecule has 2 aromatic heterocycles. The zero-order valence-electron chi connectivity index (χ0n) is 12.5. The standard InChI is InChI=1S/C16H17N5O/c1-11-5-6-12(2)14(8-11)19-15-10-18-21-16(20-15)17-9-13-4-3-7-22-13/h3-8,10H,9H2,1-2H3,(H2,17,19,20,21). The van der Waals surface area contributed by atoms with Crippen LogP contribution in [0.5, 0.6) is 0 Å². The molecule has 0 fully saturated rings. The van der Waals surface area contributed by atoms with Crippen molar-refractivity contribution in [2.24, 2.45) is 0 Å². The van der Waals surface area contributed by atoms with Gasteiger partial charge in [0, 0.05) is 5.69 Å². The summed E-state index contributed by atoms with van der Waals surface area (Å²) in [5.74, 6) is 1.91. The van der Waals surface area contributed by atoms with Crippen LogP contribution >= 0.6 is 0 Å². The summed E-state index contributed by atoms with van der Waals surface area (Å²) in [5.41, 5.74) is 3.35. The monoisotopic (exact) mass is 295 g/mol. The first kappa shape index (κ1) is 14.1. The molecule has 0 saturated carbocycles. The molecule has 0 aliphatic carbocycles. The van der Waals surface area contributed by atoms with E-state index in [0.29, 0.717) is 18.3 Å². The number of hydrogen-bond acceptors (Lipinski definition) is 6. The van der Waals surface area contributed by atoms with E-state index in [2.05, 4.69) is 50.9 Å². The molecule has 0 radical (unpaired) electrons. The fourth-order valence-electron chi connectivity index (χ4n) is 2.03. The molecule has 0 spiro atoms. The van der Waals surface area contributed by atoms with Gasteiger partial charge in [0.25, 0.3) is 0 Å². The summed E-state index contributed by atoms with van der Waals surface area (Å²) in [6.45, 7) is 4.62. The van der Waals surface area contributed by atoms with Crippen LogP contribution in [0.15, 0.2) is 47.2 Å². The Morgan fingerprint density at radius 2 is 2.09 bits per heavy atom. The molecular formula is C16H17N5O. The predicted octanol–water partition coefficient (Wildman–Crippen LogP) is 3.44. The molecule has 2 N–H and O–H groups in total. The summed E-state index contributed by atoms with van der Waals surface area (Å²) in [6, 6.07) is 9.96. The largest absolute Gasteiger partial charge is 0.467 e. The number of aryl methyl sites for hydroxylation is 2. The molecule has 0 amide bonds. The molecular weight excluding hydrogens is 278 g/mol. The number of aromatic nitrogens is 3. The minimum atomic E-state index is 0.451. The second-order valence-electron chi connectivity index (χ2n) is 5.04. The van der Waals surface area contributed by atoms with Crippen molar-refractivity contribution in [2.75, 3.05) is 10.6 Å². The van der Waals surface area contributed by atoms with Crippen molar-refractivity contribution in [2.45, 2.75) is 20.4 Å². The van der Waals surface area contributed by atoms with Crippen molar-refractivity contribution in [1.82, 2.24) is 15.2 Å². The number of benzene rings is 1. The van der Waals surface area contributed by atoms with E-state index in [0.717, 1.165) is 17.0 Å². The van der Waals surface area contributed by atoms with E-state index in [1.807, 2.05) is 19.1 Å². The molecule has 112 valence electrons. The Kier molecular flexibility index (Phi) is 4.00. The van der Waals surface area contributed by atoms with Crippen molar-refractivity contribution in [3.8, 4) is 0 Å². The first-order valence-electron chi connectivity index (χ1n) is 7.01. The van der Waals surface area contributed by atoms with E-state index in [4.69, 9.17) is 4.42 Å². The van der Waals surface area contributed by atoms with Gasteiger partial charge in [0.1, 0.15) is 5.76 Å². The minimum absolute atomic E-state index is 0.451. The Morgan fingerprint density at radius 1 is 1.18 bits per heavy atom. The fraction of sp³-hybridized carbons (Fsp3) is 0.188. The van der Waals surface area contributed by atoms with E-state index in [1.54, 1.807) is 12.5 Å². The SMILES string of the molecule is Cc1ccc(C)c(Nc2cnnc(NCc3ccco3)n2)c1. The third-order valence-electron chi connectivity index (χ3n) is 3.22. The molecule has 3 aromatic rings. The van der Waals surface area contributed by atoms with Crippen LogP contribution in [-0.2, 0) is 6.54 Å². The molecule has 0 aliphatic rings. The summed E-state index contributed by atoms with van der Waals surface area (Å²) >= 11 is 0. The van der Waals surface area contributed by atoms with Crippen molar-refractivity contribution < 1.29 is 4.42 Å². The Labute approximate surface area is 128 Å². The number of anilines is 3. The zero-order chi connectivity index (χ0) is 15.4. The van der Waals surface area contributed by atoms with Gasteiger partial charge in [0.2, 0.25) is 5.95 Å². The van der Waals surface area contributed by atoms with Crippen LogP contribution in [0.1, 0.15) is 16.9 Å². The van der Waals surface area contributed by atoms with Crippen LogP contribution in [0.2, 0.25) is 0 Å². The topological polar surface area (TPSA) is 75.9 Å². The summed E-state index contributed by atoms with van der Waals surface area (Å²) in [4.78, 5) is 4.40. The Bertz CT molecular complexity index is 755. The van der Waals surface area contributed by atoms with Gasteiger partial charge in [-0.05, 0) is 43.2 Å². The molecule has 3 rings (SSSR count). The molecule has 6 heteroatoms. The average molecular weight is 295 g/mol. The highest BCUT2D eigenvalue weighted by atomic mass is 16.3. The number of hydrogen-bond donors (Lipinski definition) is 2. The summed E-state index contributed by atoms with van der Waals surface area (Å²) in [7, 11) is 0. The number of nitrogens with zero attached hydrogens (tertiary/aromatic N) is 3. The van der Waals surface area contributed by atoms with Crippen molar-refractivity contribution in [1.29, 1.82) is 0 Å². The lowest BCUT2D eigenvalue weighted by atomic mass is 10.1. The number of rotatable bonds is 5. The number of nitrogens with one attached hydrogen (secondary N) is 2. The van der Waals surface area contributed by atoms with Crippen LogP contribution in [0.25, 0.3) is 0 Å². The van der Waals surface area contributed by atoms with Gasteiger partial charge in [-0.25, -0.2) is 0 Å². The minimum Gasteiger partial charge on any atom is -0.467 e. The maximum absolute atomic E-state index is 5.26. The molecule has 0 atom stereocenters. The third-order valence-corrected chi connectivity index (χ3v) is 3.22. The van der Waals surface area contributed by atoms with Crippen LogP contribution in [-0.4, -0.2) is 15.2 Å². The highest BCUT2D eigenvalue weighted by Crippen LogP contribution is 2.20. The lowest BCUT2D eigenvalue weighted by molar-refractivity contribution is 0.517. The Balaban J connectivity index is 1.72. The third kappa shape index (κ3) is 3.41. The van der Waals surface area contributed by atoms with Crippen molar-refractivity contribution in [3.63, 3.8) is 0 Å². The second-order valence-corrected chi connectivity index (χ2v) is 5.04. The predicted molar refractivity (Wildman–Crippen MR) is 85.1 cm³/mol. The highest BCUT2D eigenvalue weighted by molar-refractivity contribution is 5.61. The maximum Gasteiger partial charge on any atom is 0.245 e. The molecule has 2 heterocycles. The van der Waals surface area contributed by atoms with Gasteiger partial charge in [-0.1, -0.05) is 12.1 Å². The van der Waals surface area contributed by atoms with E-state index < -0.39 is 0 Å². The van der Waals surface area contributed by atoms with Gasteiger partial charge < -0.3 is 15.1 Å². The molecule has 0 aliphatic heterocycles. The molecule has 0 saturated heterocycles. The van der Waals surface area contributed by atoms with Gasteiger partial charge in [-0.3, -0.25) is 0 Å². The first-order valence-corrected chi connectivity index (χ1v) is 7.01. The van der Waals surface area contributed by atoms with Crippen LogP contribution in [0.4, 0.5) is 17.5 Å². The summed E-state index contributed by atoms with van der Waals surface area (Å²) in [6.07, 6.45) is 3.23. The molecule has 0 bridgehead atoms. The molecule has 0 unspecified atom stereocenters. The summed E-state index contributed by atoms with van der Waals surface area (Å²) in [5, 5.41) is 14.3. The second kappa shape index (κ2) is 6.26. The maximum atomic E-state index is 5.26. The van der Waals surface area contributed by atoms with E-state index >= 15 is 0 Å². The van der Waals surface area contributed by atoms with Crippen LogP contribution < -0.4 is 10.6 Å². The quantitative estimate of drug-likeness (QED) is 0.751. The Morgan fingerprint density at radius 3 is 2.91 bits per heavy atom. The molecule has 6 nitrogen and oxygen atoms in total. The fourth-order valence-corrected chi connectivity index (χ4v) is 2.03. The van der Waals surface area contributed by atoms with Crippen molar-refractivity contribution >= 4 is 17.5 Å². The van der Waals surface area contributed by atoms with E-state index in [1.165, 1.54) is 5.56 Å². The van der Waals surface area contributed by atoms with Gasteiger partial charge in [-0.2, -0.15) is 10.1 Å². The van der Waals surface area contributed by atoms with E-state index in [-0.39, 0.29) is 0 Å². The Hall–Kier alpha value is -2.89. The highest BCUT2D eigenvalue weighted by Gasteiger charge is 2.04. The average Bonchev–Trinajstić information content (AvgIpc) is 3.03. The lowest BCUT2D eigenvalue weighted by Crippen LogP contribution is -2.06. The number of furan rings is 1. The van der Waals surface area contributed by atoms with E-state index in [9.17, 15) is 0 Å². The normalized spacial score (nSPS) is 10.5. The summed E-state index contributed by atoms with van der Waals surface area (Å²) < 4.78 is 5.26. The lowest BCUT2D eigenvalue weighted by Gasteiger charge is -2.10. The smallest absolute Gasteiger partial charge is 0.245 e. The molecule has 22 heavy (non-hydrogen) atoms. The van der Waals surface area contributed by atoms with Gasteiger partial charge in [-0.15, -0.1) is 5.10 Å². The van der Waals surface area contributed by atoms with Crippen LogP contribution in [0.3, 0.4) is 0 Å². The molecule has 1 aromatic carbocycles. The van der Waals surface area contributed by atoms with Crippen LogP contribution in [0, 0.1) is 13.8 Å².